The van der Waals surface area contributed by atoms with Gasteiger partial charge in [0.2, 0.25) is 0 Å². The number of carboxylic acids is 1. The first kappa shape index (κ1) is 24.2. The van der Waals surface area contributed by atoms with Gasteiger partial charge in [-0.3, -0.25) is 19.2 Å². The molecule has 3 unspecified atom stereocenters. The lowest BCUT2D eigenvalue weighted by molar-refractivity contribution is -0.156. The third kappa shape index (κ3) is 4.30. The molecule has 33 heavy (non-hydrogen) atoms. The van der Waals surface area contributed by atoms with Gasteiger partial charge in [0.15, 0.2) is 5.78 Å². The summed E-state index contributed by atoms with van der Waals surface area (Å²) in [5, 5.41) is 8.80. The predicted molar refractivity (Wildman–Crippen MR) is 122 cm³/mol. The van der Waals surface area contributed by atoms with Gasteiger partial charge in [-0.15, -0.1) is 0 Å². The fraction of sp³-hybridized carbons (Fsp3) is 0.778. The van der Waals surface area contributed by atoms with E-state index in [2.05, 4.69) is 13.8 Å². The van der Waals surface area contributed by atoms with E-state index in [4.69, 9.17) is 9.84 Å². The smallest absolute Gasteiger partial charge is 0.306 e. The predicted octanol–water partition coefficient (Wildman–Crippen LogP) is 4.89. The highest BCUT2D eigenvalue weighted by atomic mass is 16.5. The van der Waals surface area contributed by atoms with Gasteiger partial charge in [-0.2, -0.15) is 0 Å². The zero-order valence-electron chi connectivity index (χ0n) is 20.2. The SMILES string of the molecule is CC(=O)[C@H]1CCC2C3C[C@H](OC(=O)CCCCC(=O)O)C4=CC(=O)CC[C@]4(C)C3CC[C@@]21C. The topological polar surface area (TPSA) is 97.7 Å². The average Bonchev–Trinajstić information content (AvgIpc) is 3.10. The van der Waals surface area contributed by atoms with Crippen molar-refractivity contribution in [1.82, 2.24) is 0 Å². The van der Waals surface area contributed by atoms with Gasteiger partial charge < -0.3 is 9.84 Å². The van der Waals surface area contributed by atoms with Gasteiger partial charge in [0.05, 0.1) is 0 Å². The number of esters is 1. The summed E-state index contributed by atoms with van der Waals surface area (Å²) in [4.78, 5) is 48.2. The summed E-state index contributed by atoms with van der Waals surface area (Å²) in [6.07, 6.45) is 8.71. The van der Waals surface area contributed by atoms with E-state index in [-0.39, 0.29) is 41.3 Å². The Hall–Kier alpha value is -1.98. The van der Waals surface area contributed by atoms with Crippen LogP contribution in [0.5, 0.6) is 0 Å². The first-order valence-electron chi connectivity index (χ1n) is 12.7. The van der Waals surface area contributed by atoms with Gasteiger partial charge in [0.1, 0.15) is 11.9 Å². The molecule has 1 N–H and O–H groups in total. The number of ketones is 2. The summed E-state index contributed by atoms with van der Waals surface area (Å²) in [6, 6.07) is 0. The van der Waals surface area contributed by atoms with Crippen LogP contribution in [-0.4, -0.2) is 34.7 Å². The minimum Gasteiger partial charge on any atom is -0.481 e. The highest BCUT2D eigenvalue weighted by Gasteiger charge is 2.61. The number of carboxylic acid groups (broad SMARTS) is 1. The standard InChI is InChI=1S/C27H38O6/c1-16(28)19-8-9-20-18-15-23(33-25(32)7-5-4-6-24(30)31)22-14-17(29)10-12-27(22,3)21(18)11-13-26(19,20)2/h14,18-21,23H,4-13,15H2,1-3H3,(H,30,31)/t18?,19-,20?,21?,23+,26-,27-/m1/s1. The van der Waals surface area contributed by atoms with E-state index in [0.29, 0.717) is 42.8 Å². The molecule has 0 bridgehead atoms. The normalized spacial score (nSPS) is 39.7. The molecule has 182 valence electrons. The molecule has 0 aromatic rings. The van der Waals surface area contributed by atoms with E-state index in [0.717, 1.165) is 44.1 Å². The van der Waals surface area contributed by atoms with Crippen molar-refractivity contribution in [3.05, 3.63) is 11.6 Å². The van der Waals surface area contributed by atoms with Gasteiger partial charge in [-0.1, -0.05) is 13.8 Å². The van der Waals surface area contributed by atoms with Crippen molar-refractivity contribution >= 4 is 23.5 Å². The number of Topliss-reactive ketones (excluding diaryl/α,β-unsaturated/α-hetero) is 1. The van der Waals surface area contributed by atoms with Gasteiger partial charge in [-0.25, -0.2) is 0 Å². The average molecular weight is 459 g/mol. The molecule has 6 heteroatoms. The second-order valence-corrected chi connectivity index (χ2v) is 11.5. The van der Waals surface area contributed by atoms with Crippen LogP contribution in [0.15, 0.2) is 11.6 Å². The molecule has 7 atom stereocenters. The van der Waals surface area contributed by atoms with Crippen LogP contribution < -0.4 is 0 Å². The number of unbranched alkanes of at least 4 members (excludes halogenated alkanes) is 1. The van der Waals surface area contributed by atoms with Crippen LogP contribution >= 0.6 is 0 Å². The summed E-state index contributed by atoms with van der Waals surface area (Å²) >= 11 is 0. The van der Waals surface area contributed by atoms with Gasteiger partial charge in [-0.05, 0) is 98.5 Å². The second kappa shape index (κ2) is 8.99. The molecule has 0 aromatic heterocycles. The van der Waals surface area contributed by atoms with Crippen molar-refractivity contribution in [3.8, 4) is 0 Å². The molecule has 3 fully saturated rings. The maximum atomic E-state index is 12.7. The molecule has 3 saturated carbocycles. The minimum atomic E-state index is -0.857. The Morgan fingerprint density at radius 2 is 1.79 bits per heavy atom. The Kier molecular flexibility index (Phi) is 6.58. The quantitative estimate of drug-likeness (QED) is 0.431. The zero-order valence-corrected chi connectivity index (χ0v) is 20.2. The fourth-order valence-electron chi connectivity index (χ4n) is 8.12. The van der Waals surface area contributed by atoms with Crippen molar-refractivity contribution in [2.24, 2.45) is 34.5 Å². The van der Waals surface area contributed by atoms with Gasteiger partial charge >= 0.3 is 11.9 Å². The molecule has 0 spiro atoms. The highest BCUT2D eigenvalue weighted by Crippen LogP contribution is 2.67. The number of ether oxygens (including phenoxy) is 1. The van der Waals surface area contributed by atoms with Crippen LogP contribution in [0.1, 0.15) is 91.4 Å². The van der Waals surface area contributed by atoms with Gasteiger partial charge in [0, 0.05) is 25.2 Å². The minimum absolute atomic E-state index is 0.0143. The molecule has 4 aliphatic rings. The zero-order chi connectivity index (χ0) is 24.0. The highest BCUT2D eigenvalue weighted by molar-refractivity contribution is 5.92. The largest absolute Gasteiger partial charge is 0.481 e. The number of hydrogen-bond donors (Lipinski definition) is 1. The van der Waals surface area contributed by atoms with Crippen molar-refractivity contribution < 1.29 is 29.0 Å². The van der Waals surface area contributed by atoms with Crippen molar-refractivity contribution in [1.29, 1.82) is 0 Å². The third-order valence-corrected chi connectivity index (χ3v) is 9.74. The molecule has 4 rings (SSSR count). The number of fused-ring (bicyclic) bond motifs is 5. The number of aliphatic carboxylic acids is 1. The Labute approximate surface area is 196 Å². The molecule has 4 aliphatic carbocycles. The lowest BCUT2D eigenvalue weighted by Crippen LogP contribution is -2.54. The molecule has 0 aliphatic heterocycles. The van der Waals surface area contributed by atoms with Crippen LogP contribution in [0.2, 0.25) is 0 Å². The Morgan fingerprint density at radius 3 is 2.48 bits per heavy atom. The number of rotatable bonds is 7. The molecule has 0 heterocycles. The second-order valence-electron chi connectivity index (χ2n) is 11.5. The van der Waals surface area contributed by atoms with Crippen LogP contribution in [0.4, 0.5) is 0 Å². The first-order chi connectivity index (χ1) is 15.6. The van der Waals surface area contributed by atoms with Gasteiger partial charge in [0.25, 0.3) is 0 Å². The lowest BCUT2D eigenvalue weighted by atomic mass is 9.46. The fourth-order valence-corrected chi connectivity index (χ4v) is 8.12. The van der Waals surface area contributed by atoms with Crippen molar-refractivity contribution in [2.45, 2.75) is 97.5 Å². The molecule has 0 saturated heterocycles. The first-order valence-corrected chi connectivity index (χ1v) is 12.7. The number of carbonyl (C=O) groups is 4. The summed E-state index contributed by atoms with van der Waals surface area (Å²) < 4.78 is 6.01. The van der Waals surface area contributed by atoms with E-state index in [1.165, 1.54) is 0 Å². The summed E-state index contributed by atoms with van der Waals surface area (Å²) in [5.41, 5.74) is 0.852. The van der Waals surface area contributed by atoms with Crippen LogP contribution in [0.3, 0.4) is 0 Å². The van der Waals surface area contributed by atoms with E-state index < -0.39 is 12.1 Å². The maximum Gasteiger partial charge on any atom is 0.306 e. The molecule has 6 nitrogen and oxygen atoms in total. The van der Waals surface area contributed by atoms with Crippen LogP contribution in [0, 0.1) is 34.5 Å². The van der Waals surface area contributed by atoms with Crippen molar-refractivity contribution in [3.63, 3.8) is 0 Å². The van der Waals surface area contributed by atoms with E-state index in [1.54, 1.807) is 13.0 Å². The monoisotopic (exact) mass is 458 g/mol. The summed E-state index contributed by atoms with van der Waals surface area (Å²) in [5.74, 6) is 0.643. The molecule has 0 radical (unpaired) electrons. The Morgan fingerprint density at radius 1 is 1.06 bits per heavy atom. The molecular formula is C27H38O6. The van der Waals surface area contributed by atoms with E-state index in [1.807, 2.05) is 0 Å². The number of hydrogen-bond acceptors (Lipinski definition) is 5. The molecule has 0 aromatic carbocycles. The summed E-state index contributed by atoms with van der Waals surface area (Å²) in [6.45, 7) is 6.29. The molecular weight excluding hydrogens is 420 g/mol. The Bertz CT molecular complexity index is 874. The van der Waals surface area contributed by atoms with Crippen LogP contribution in [0.25, 0.3) is 0 Å². The maximum absolute atomic E-state index is 12.7. The Balaban J connectivity index is 1.56. The number of carbonyl (C=O) groups excluding carboxylic acids is 3. The van der Waals surface area contributed by atoms with Crippen molar-refractivity contribution in [2.75, 3.05) is 0 Å². The van der Waals surface area contributed by atoms with Crippen LogP contribution in [-0.2, 0) is 23.9 Å². The molecule has 0 amide bonds. The third-order valence-electron chi connectivity index (χ3n) is 9.74. The lowest BCUT2D eigenvalue weighted by Gasteiger charge is -2.59. The summed E-state index contributed by atoms with van der Waals surface area (Å²) in [7, 11) is 0. The van der Waals surface area contributed by atoms with E-state index >= 15 is 0 Å². The van der Waals surface area contributed by atoms with E-state index in [9.17, 15) is 19.2 Å².